The lowest BCUT2D eigenvalue weighted by atomic mass is 10.1. The number of rotatable bonds is 7. The lowest BCUT2D eigenvalue weighted by molar-refractivity contribution is -0.116. The summed E-state index contributed by atoms with van der Waals surface area (Å²) in [6.45, 7) is 2.75. The van der Waals surface area contributed by atoms with E-state index >= 15 is 0 Å². The van der Waals surface area contributed by atoms with Crippen LogP contribution in [0.25, 0.3) is 0 Å². The van der Waals surface area contributed by atoms with Crippen LogP contribution in [0.3, 0.4) is 0 Å². The third kappa shape index (κ3) is 5.29. The number of benzene rings is 2. The van der Waals surface area contributed by atoms with E-state index in [0.717, 1.165) is 11.1 Å². The van der Waals surface area contributed by atoms with Crippen LogP contribution >= 0.6 is 0 Å². The molecular formula is C21H27N3O5S. The van der Waals surface area contributed by atoms with Gasteiger partial charge in [0.2, 0.25) is 5.91 Å². The van der Waals surface area contributed by atoms with Crippen LogP contribution in [0.15, 0.2) is 42.5 Å². The average molecular weight is 434 g/mol. The number of hydrogen-bond donors (Lipinski definition) is 1. The first kappa shape index (κ1) is 22.1. The molecule has 162 valence electrons. The van der Waals surface area contributed by atoms with E-state index in [1.807, 2.05) is 31.2 Å². The number of nitrogens with one attached hydrogen (secondary N) is 1. The summed E-state index contributed by atoms with van der Waals surface area (Å²) in [4.78, 5) is 12.6. The molecule has 1 aliphatic heterocycles. The van der Waals surface area contributed by atoms with Crippen LogP contribution in [0.4, 0.5) is 5.69 Å². The van der Waals surface area contributed by atoms with Gasteiger partial charge in [-0.3, -0.25) is 4.79 Å². The number of aryl methyl sites for hydroxylation is 1. The van der Waals surface area contributed by atoms with Crippen LogP contribution in [0.1, 0.15) is 17.5 Å². The van der Waals surface area contributed by atoms with E-state index in [9.17, 15) is 13.2 Å². The van der Waals surface area contributed by atoms with Crippen LogP contribution in [0, 0.1) is 6.92 Å². The van der Waals surface area contributed by atoms with Crippen molar-refractivity contribution in [2.75, 3.05) is 39.2 Å². The molecular weight excluding hydrogens is 406 g/mol. The van der Waals surface area contributed by atoms with Crippen molar-refractivity contribution in [1.82, 2.24) is 8.61 Å². The van der Waals surface area contributed by atoms with Gasteiger partial charge in [0, 0.05) is 43.5 Å². The highest BCUT2D eigenvalue weighted by atomic mass is 32.2. The summed E-state index contributed by atoms with van der Waals surface area (Å²) in [6, 6.07) is 12.7. The van der Waals surface area contributed by atoms with Crippen molar-refractivity contribution < 1.29 is 22.7 Å². The van der Waals surface area contributed by atoms with E-state index in [1.54, 1.807) is 18.2 Å². The molecule has 8 nitrogen and oxygen atoms in total. The van der Waals surface area contributed by atoms with Crippen LogP contribution < -0.4 is 14.8 Å². The molecule has 0 saturated carbocycles. The second-order valence-electron chi connectivity index (χ2n) is 7.16. The predicted octanol–water partition coefficient (Wildman–Crippen LogP) is 2.40. The maximum atomic E-state index is 13.0. The largest absolute Gasteiger partial charge is 0.497 e. The highest BCUT2D eigenvalue weighted by Crippen LogP contribution is 2.26. The zero-order chi connectivity index (χ0) is 21.7. The molecule has 2 aromatic carbocycles. The first-order valence-electron chi connectivity index (χ1n) is 9.65. The van der Waals surface area contributed by atoms with Gasteiger partial charge in [-0.25, -0.2) is 0 Å². The van der Waals surface area contributed by atoms with Crippen molar-refractivity contribution in [2.45, 2.75) is 19.9 Å². The van der Waals surface area contributed by atoms with Gasteiger partial charge in [0.05, 0.1) is 20.8 Å². The van der Waals surface area contributed by atoms with Gasteiger partial charge in [-0.05, 0) is 18.9 Å². The molecule has 0 atom stereocenters. The Kier molecular flexibility index (Phi) is 6.96. The zero-order valence-electron chi connectivity index (χ0n) is 17.4. The van der Waals surface area contributed by atoms with Crippen LogP contribution in [0.2, 0.25) is 0 Å². The van der Waals surface area contributed by atoms with Crippen molar-refractivity contribution in [3.05, 3.63) is 53.6 Å². The van der Waals surface area contributed by atoms with Gasteiger partial charge in [-0.1, -0.05) is 29.8 Å². The Morgan fingerprint density at radius 1 is 1.00 bits per heavy atom. The topological polar surface area (TPSA) is 88.2 Å². The van der Waals surface area contributed by atoms with E-state index in [-0.39, 0.29) is 13.1 Å². The van der Waals surface area contributed by atoms with Gasteiger partial charge < -0.3 is 14.8 Å². The molecule has 1 heterocycles. The first-order chi connectivity index (χ1) is 14.3. The van der Waals surface area contributed by atoms with E-state index in [2.05, 4.69) is 5.32 Å². The third-order valence-electron chi connectivity index (χ3n) is 4.90. The normalized spacial score (nSPS) is 16.8. The Bertz CT molecular complexity index is 970. The molecule has 0 radical (unpaired) electrons. The summed E-state index contributed by atoms with van der Waals surface area (Å²) in [5.41, 5.74) is 2.51. The van der Waals surface area contributed by atoms with E-state index in [1.165, 1.54) is 22.8 Å². The van der Waals surface area contributed by atoms with Gasteiger partial charge in [0.25, 0.3) is 10.2 Å². The Hall–Kier alpha value is -2.62. The van der Waals surface area contributed by atoms with Crippen molar-refractivity contribution >= 4 is 21.8 Å². The maximum Gasteiger partial charge on any atom is 0.282 e. The van der Waals surface area contributed by atoms with Crippen molar-refractivity contribution in [1.29, 1.82) is 0 Å². The number of anilines is 1. The zero-order valence-corrected chi connectivity index (χ0v) is 18.2. The van der Waals surface area contributed by atoms with Gasteiger partial charge in [-0.2, -0.15) is 17.0 Å². The summed E-state index contributed by atoms with van der Waals surface area (Å²) in [5, 5.41) is 2.72. The van der Waals surface area contributed by atoms with Gasteiger partial charge in [0.15, 0.2) is 0 Å². The second-order valence-corrected chi connectivity index (χ2v) is 9.09. The molecule has 9 heteroatoms. The van der Waals surface area contributed by atoms with Gasteiger partial charge >= 0.3 is 0 Å². The fourth-order valence-corrected chi connectivity index (χ4v) is 4.91. The summed E-state index contributed by atoms with van der Waals surface area (Å²) < 4.78 is 39.0. The highest BCUT2D eigenvalue weighted by Gasteiger charge is 2.34. The lowest BCUT2D eigenvalue weighted by Gasteiger charge is -2.34. The molecule has 1 fully saturated rings. The van der Waals surface area contributed by atoms with Gasteiger partial charge in [0.1, 0.15) is 11.5 Å². The van der Waals surface area contributed by atoms with E-state index in [4.69, 9.17) is 9.47 Å². The molecule has 0 spiro atoms. The molecule has 1 N–H and O–H groups in total. The third-order valence-corrected chi connectivity index (χ3v) is 6.83. The molecule has 2 aromatic rings. The fraction of sp³-hybridized carbons (Fsp3) is 0.381. The molecule has 1 saturated heterocycles. The Morgan fingerprint density at radius 3 is 2.20 bits per heavy atom. The molecule has 0 aliphatic carbocycles. The van der Waals surface area contributed by atoms with Crippen LogP contribution in [-0.4, -0.2) is 56.8 Å². The lowest BCUT2D eigenvalue weighted by Crippen LogP contribution is -2.51. The molecule has 1 amide bonds. The maximum absolute atomic E-state index is 13.0. The van der Waals surface area contributed by atoms with Crippen LogP contribution in [-0.2, 0) is 21.5 Å². The second kappa shape index (κ2) is 9.46. The number of nitrogens with zero attached hydrogens (tertiary/aromatic N) is 2. The molecule has 0 aromatic heterocycles. The number of methoxy groups -OCH3 is 2. The predicted molar refractivity (Wildman–Crippen MR) is 115 cm³/mol. The molecule has 30 heavy (non-hydrogen) atoms. The summed E-state index contributed by atoms with van der Waals surface area (Å²) in [5.74, 6) is 0.630. The van der Waals surface area contributed by atoms with Crippen molar-refractivity contribution in [3.8, 4) is 11.5 Å². The first-order valence-corrected chi connectivity index (χ1v) is 11.0. The number of carbonyl (C=O) groups excluding carboxylic acids is 1. The number of ether oxygens (including phenoxy) is 2. The molecule has 0 unspecified atom stereocenters. The van der Waals surface area contributed by atoms with Gasteiger partial charge in [-0.15, -0.1) is 0 Å². The summed E-state index contributed by atoms with van der Waals surface area (Å²) in [6.07, 6.45) is 0.658. The minimum atomic E-state index is -3.73. The van der Waals surface area contributed by atoms with Crippen LogP contribution in [0.5, 0.6) is 11.5 Å². The average Bonchev–Trinajstić information content (AvgIpc) is 2.72. The standard InChI is InChI=1S/C21H27N3O5S/c1-16-5-7-17(8-6-16)14-23-9-4-10-24(30(23,26)27)15-21(25)22-18-11-19(28-2)13-20(12-18)29-3/h5-8,11-13H,4,9-10,14-15H2,1-3H3,(H,22,25). The Balaban J connectivity index is 1.68. The number of amides is 1. The minimum Gasteiger partial charge on any atom is -0.497 e. The van der Waals surface area contributed by atoms with Crippen molar-refractivity contribution in [2.24, 2.45) is 0 Å². The number of carbonyl (C=O) groups is 1. The van der Waals surface area contributed by atoms with Crippen molar-refractivity contribution in [3.63, 3.8) is 0 Å². The molecule has 0 bridgehead atoms. The minimum absolute atomic E-state index is 0.258. The van der Waals surface area contributed by atoms with E-state index < -0.39 is 16.1 Å². The molecule has 1 aliphatic rings. The smallest absolute Gasteiger partial charge is 0.282 e. The SMILES string of the molecule is COc1cc(NC(=O)CN2CCCN(Cc3ccc(C)cc3)S2(=O)=O)cc(OC)c1. The number of hydrogen-bond acceptors (Lipinski definition) is 5. The quantitative estimate of drug-likeness (QED) is 0.724. The monoisotopic (exact) mass is 433 g/mol. The summed E-state index contributed by atoms with van der Waals surface area (Å²) >= 11 is 0. The van der Waals surface area contributed by atoms with E-state index in [0.29, 0.717) is 36.7 Å². The Labute approximate surface area is 177 Å². The fourth-order valence-electron chi connectivity index (χ4n) is 3.28. The molecule has 3 rings (SSSR count). The Morgan fingerprint density at radius 2 is 1.60 bits per heavy atom. The highest BCUT2D eigenvalue weighted by molar-refractivity contribution is 7.86. The summed E-state index contributed by atoms with van der Waals surface area (Å²) in [7, 11) is -0.695.